The molecule has 0 bridgehead atoms. The summed E-state index contributed by atoms with van der Waals surface area (Å²) in [7, 11) is -4.54. The Kier molecular flexibility index (Phi) is 3.82. The maximum atomic E-state index is 13.4. The number of imide groups is 1. The van der Waals surface area contributed by atoms with Gasteiger partial charge in [0, 0.05) is 6.42 Å². The summed E-state index contributed by atoms with van der Waals surface area (Å²) >= 11 is 0. The molecule has 1 heterocycles. The minimum atomic E-state index is -4.54. The van der Waals surface area contributed by atoms with E-state index < -0.39 is 44.4 Å². The van der Waals surface area contributed by atoms with E-state index in [2.05, 4.69) is 0 Å². The summed E-state index contributed by atoms with van der Waals surface area (Å²) in [5, 5.41) is 1.94. The van der Waals surface area contributed by atoms with Gasteiger partial charge in [0.25, 0.3) is 0 Å². The SMILES string of the molecule is O=C1CCC(NS(=O)(=O)c2c(F)cccc2F)C(=O)N1. The van der Waals surface area contributed by atoms with Gasteiger partial charge in [-0.05, 0) is 18.6 Å². The highest BCUT2D eigenvalue weighted by Crippen LogP contribution is 2.19. The summed E-state index contributed by atoms with van der Waals surface area (Å²) in [5.74, 6) is -3.89. The molecule has 9 heteroatoms. The van der Waals surface area contributed by atoms with Crippen LogP contribution in [0, 0.1) is 11.6 Å². The molecule has 6 nitrogen and oxygen atoms in total. The number of halogens is 2. The van der Waals surface area contributed by atoms with E-state index in [1.807, 2.05) is 10.0 Å². The fraction of sp³-hybridized carbons (Fsp3) is 0.273. The fourth-order valence-electron chi connectivity index (χ4n) is 1.79. The number of piperidine rings is 1. The minimum Gasteiger partial charge on any atom is -0.295 e. The standard InChI is InChI=1S/C11H10F2N2O4S/c12-6-2-1-3-7(13)10(6)20(18,19)15-8-4-5-9(16)14-11(8)17/h1-3,8,15H,4-5H2,(H,14,16,17). The van der Waals surface area contributed by atoms with Gasteiger partial charge < -0.3 is 0 Å². The predicted octanol–water partition coefficient (Wildman–Crippen LogP) is 0.0483. The highest BCUT2D eigenvalue weighted by molar-refractivity contribution is 7.89. The highest BCUT2D eigenvalue weighted by Gasteiger charge is 2.33. The lowest BCUT2D eigenvalue weighted by atomic mass is 10.1. The second kappa shape index (κ2) is 5.25. The van der Waals surface area contributed by atoms with Crippen LogP contribution in [0.4, 0.5) is 8.78 Å². The average Bonchev–Trinajstić information content (AvgIpc) is 2.32. The number of amides is 2. The zero-order valence-electron chi connectivity index (χ0n) is 10.0. The van der Waals surface area contributed by atoms with Crippen molar-refractivity contribution < 1.29 is 26.8 Å². The van der Waals surface area contributed by atoms with E-state index in [0.717, 1.165) is 18.2 Å². The molecule has 0 aliphatic carbocycles. The van der Waals surface area contributed by atoms with Crippen molar-refractivity contribution in [2.75, 3.05) is 0 Å². The predicted molar refractivity (Wildman–Crippen MR) is 62.9 cm³/mol. The van der Waals surface area contributed by atoms with Crippen LogP contribution in [0.5, 0.6) is 0 Å². The Hall–Kier alpha value is -1.87. The third kappa shape index (κ3) is 2.83. The van der Waals surface area contributed by atoms with Gasteiger partial charge in [-0.2, -0.15) is 4.72 Å². The molecule has 2 rings (SSSR count). The van der Waals surface area contributed by atoms with Crippen LogP contribution in [0.2, 0.25) is 0 Å². The van der Waals surface area contributed by atoms with Crippen LogP contribution in [0.25, 0.3) is 0 Å². The Bertz CT molecular complexity index is 655. The second-order valence-corrected chi connectivity index (χ2v) is 5.83. The van der Waals surface area contributed by atoms with Gasteiger partial charge in [0.2, 0.25) is 21.8 Å². The summed E-state index contributed by atoms with van der Waals surface area (Å²) < 4.78 is 52.6. The summed E-state index contributed by atoms with van der Waals surface area (Å²) in [5.41, 5.74) is 0. The number of nitrogens with one attached hydrogen (secondary N) is 2. The van der Waals surface area contributed by atoms with E-state index in [1.165, 1.54) is 0 Å². The lowest BCUT2D eigenvalue weighted by Crippen LogP contribution is -2.52. The molecule has 1 atom stereocenters. The van der Waals surface area contributed by atoms with Gasteiger partial charge in [-0.15, -0.1) is 0 Å². The number of hydrogen-bond donors (Lipinski definition) is 2. The molecule has 20 heavy (non-hydrogen) atoms. The van der Waals surface area contributed by atoms with Crippen LogP contribution in [-0.4, -0.2) is 26.3 Å². The molecule has 1 aromatic carbocycles. The van der Waals surface area contributed by atoms with E-state index >= 15 is 0 Å². The van der Waals surface area contributed by atoms with Crippen LogP contribution in [0.15, 0.2) is 23.1 Å². The Morgan fingerprint density at radius 3 is 2.35 bits per heavy atom. The van der Waals surface area contributed by atoms with Crippen molar-refractivity contribution in [3.63, 3.8) is 0 Å². The monoisotopic (exact) mass is 304 g/mol. The van der Waals surface area contributed by atoms with E-state index in [4.69, 9.17) is 0 Å². The van der Waals surface area contributed by atoms with Crippen molar-refractivity contribution in [2.45, 2.75) is 23.8 Å². The fourth-order valence-corrected chi connectivity index (χ4v) is 3.16. The van der Waals surface area contributed by atoms with Crippen LogP contribution in [0.1, 0.15) is 12.8 Å². The first kappa shape index (κ1) is 14.5. The Balaban J connectivity index is 2.28. The van der Waals surface area contributed by atoms with E-state index in [0.29, 0.717) is 0 Å². The summed E-state index contributed by atoms with van der Waals surface area (Å²) in [6, 6.07) is 1.37. The molecule has 1 aliphatic rings. The molecule has 2 N–H and O–H groups in total. The minimum absolute atomic E-state index is 0.0569. The van der Waals surface area contributed by atoms with Gasteiger partial charge in [0.15, 0.2) is 4.90 Å². The molecule has 0 spiro atoms. The van der Waals surface area contributed by atoms with Gasteiger partial charge in [0.1, 0.15) is 17.7 Å². The van der Waals surface area contributed by atoms with Crippen molar-refractivity contribution in [3.05, 3.63) is 29.8 Å². The number of hydrogen-bond acceptors (Lipinski definition) is 4. The van der Waals surface area contributed by atoms with Crippen molar-refractivity contribution >= 4 is 21.8 Å². The smallest absolute Gasteiger partial charge is 0.247 e. The summed E-state index contributed by atoms with van der Waals surface area (Å²) in [6.45, 7) is 0. The van der Waals surface area contributed by atoms with Crippen molar-refractivity contribution in [1.29, 1.82) is 0 Å². The van der Waals surface area contributed by atoms with Crippen molar-refractivity contribution in [2.24, 2.45) is 0 Å². The Morgan fingerprint density at radius 1 is 1.20 bits per heavy atom. The van der Waals surface area contributed by atoms with Crippen LogP contribution >= 0.6 is 0 Å². The van der Waals surface area contributed by atoms with E-state index in [9.17, 15) is 26.8 Å². The molecule has 1 aliphatic heterocycles. The first-order valence-electron chi connectivity index (χ1n) is 5.61. The molecular formula is C11H10F2N2O4S. The zero-order chi connectivity index (χ0) is 14.9. The molecular weight excluding hydrogens is 294 g/mol. The third-order valence-corrected chi connectivity index (χ3v) is 4.25. The number of carbonyl (C=O) groups excluding carboxylic acids is 2. The largest absolute Gasteiger partial charge is 0.295 e. The lowest BCUT2D eigenvalue weighted by molar-refractivity contribution is -0.134. The first-order chi connectivity index (χ1) is 9.31. The van der Waals surface area contributed by atoms with Crippen LogP contribution in [-0.2, 0) is 19.6 Å². The number of rotatable bonds is 3. The number of carbonyl (C=O) groups is 2. The summed E-state index contributed by atoms with van der Waals surface area (Å²) in [4.78, 5) is 21.2. The van der Waals surface area contributed by atoms with Gasteiger partial charge in [-0.1, -0.05) is 6.07 Å². The third-order valence-electron chi connectivity index (χ3n) is 2.72. The molecule has 1 saturated heterocycles. The molecule has 1 aromatic rings. The van der Waals surface area contributed by atoms with Gasteiger partial charge in [-0.25, -0.2) is 17.2 Å². The molecule has 1 unspecified atom stereocenters. The lowest BCUT2D eigenvalue weighted by Gasteiger charge is -2.21. The van der Waals surface area contributed by atoms with E-state index in [-0.39, 0.29) is 12.8 Å². The molecule has 2 amide bonds. The quantitative estimate of drug-likeness (QED) is 0.772. The average molecular weight is 304 g/mol. The first-order valence-corrected chi connectivity index (χ1v) is 7.09. The topological polar surface area (TPSA) is 92.3 Å². The number of benzene rings is 1. The van der Waals surface area contributed by atoms with Crippen molar-refractivity contribution in [3.8, 4) is 0 Å². The zero-order valence-corrected chi connectivity index (χ0v) is 10.8. The molecule has 0 radical (unpaired) electrons. The van der Waals surface area contributed by atoms with Crippen molar-refractivity contribution in [1.82, 2.24) is 10.0 Å². The van der Waals surface area contributed by atoms with Gasteiger partial charge in [0.05, 0.1) is 0 Å². The molecule has 0 saturated carbocycles. The molecule has 1 fully saturated rings. The van der Waals surface area contributed by atoms with Crippen LogP contribution in [0.3, 0.4) is 0 Å². The Labute approximate surface area is 113 Å². The van der Waals surface area contributed by atoms with Gasteiger partial charge >= 0.3 is 0 Å². The van der Waals surface area contributed by atoms with Crippen LogP contribution < -0.4 is 10.0 Å². The van der Waals surface area contributed by atoms with E-state index in [1.54, 1.807) is 0 Å². The van der Waals surface area contributed by atoms with Gasteiger partial charge in [-0.3, -0.25) is 14.9 Å². The maximum absolute atomic E-state index is 13.4. The second-order valence-electron chi connectivity index (χ2n) is 4.18. The molecule has 0 aromatic heterocycles. The molecule has 108 valence electrons. The number of sulfonamides is 1. The Morgan fingerprint density at radius 2 is 1.80 bits per heavy atom. The highest BCUT2D eigenvalue weighted by atomic mass is 32.2. The normalized spacial score (nSPS) is 19.8. The maximum Gasteiger partial charge on any atom is 0.247 e. The summed E-state index contributed by atoms with van der Waals surface area (Å²) in [6.07, 6.45) is -0.126.